The van der Waals surface area contributed by atoms with Crippen LogP contribution in [0.3, 0.4) is 0 Å². The van der Waals surface area contributed by atoms with Gasteiger partial charge in [-0.15, -0.1) is 0 Å². The minimum absolute atomic E-state index is 0.0123. The van der Waals surface area contributed by atoms with Crippen LogP contribution in [0.1, 0.15) is 24.4 Å². The fraction of sp³-hybridized carbons (Fsp3) is 0.200. The van der Waals surface area contributed by atoms with Gasteiger partial charge in [0, 0.05) is 5.69 Å². The lowest BCUT2D eigenvalue weighted by molar-refractivity contribution is -0.119. The molecule has 0 saturated carbocycles. The number of sulfonamides is 1. The Labute approximate surface area is 183 Å². The van der Waals surface area contributed by atoms with Crippen LogP contribution in [-0.2, 0) is 14.8 Å². The van der Waals surface area contributed by atoms with E-state index in [9.17, 15) is 22.0 Å². The molecule has 2 aromatic carbocycles. The van der Waals surface area contributed by atoms with Crippen LogP contribution in [0.15, 0.2) is 47.4 Å². The van der Waals surface area contributed by atoms with E-state index in [0.29, 0.717) is 6.07 Å². The second-order valence-corrected chi connectivity index (χ2v) is 8.97. The van der Waals surface area contributed by atoms with E-state index < -0.39 is 32.6 Å². The number of nitrogens with zero attached hydrogens (tertiary/aromatic N) is 2. The number of aromatic nitrogens is 2. The van der Waals surface area contributed by atoms with Gasteiger partial charge in [-0.05, 0) is 63.2 Å². The van der Waals surface area contributed by atoms with E-state index in [1.54, 1.807) is 11.6 Å². The average Bonchev–Trinajstić information content (AvgIpc) is 3.02. The quantitative estimate of drug-likeness (QED) is 0.559. The van der Waals surface area contributed by atoms with Crippen molar-refractivity contribution in [1.82, 2.24) is 9.78 Å². The second-order valence-electron chi connectivity index (χ2n) is 6.91. The van der Waals surface area contributed by atoms with Gasteiger partial charge < -0.3 is 5.32 Å². The van der Waals surface area contributed by atoms with Crippen molar-refractivity contribution in [3.8, 4) is 0 Å². The Hall–Kier alpha value is -2.98. The molecule has 0 aliphatic carbocycles. The number of hydrogen-bond acceptors (Lipinski definition) is 4. The highest BCUT2D eigenvalue weighted by atomic mass is 35.5. The van der Waals surface area contributed by atoms with Crippen LogP contribution in [0.5, 0.6) is 0 Å². The van der Waals surface area contributed by atoms with Gasteiger partial charge in [-0.25, -0.2) is 17.2 Å². The normalized spacial score (nSPS) is 12.5. The molecule has 3 aromatic rings. The lowest BCUT2D eigenvalue weighted by Gasteiger charge is -2.16. The maximum absolute atomic E-state index is 13.8. The Morgan fingerprint density at radius 3 is 2.45 bits per heavy atom. The van der Waals surface area contributed by atoms with E-state index in [2.05, 4.69) is 15.1 Å². The first-order chi connectivity index (χ1) is 14.5. The Morgan fingerprint density at radius 1 is 1.13 bits per heavy atom. The molecule has 1 aromatic heterocycles. The number of carbonyl (C=O) groups is 1. The van der Waals surface area contributed by atoms with Crippen molar-refractivity contribution in [3.05, 3.63) is 70.5 Å². The summed E-state index contributed by atoms with van der Waals surface area (Å²) in [6.07, 6.45) is 0. The number of carbonyl (C=O) groups excluding carboxylic acids is 1. The van der Waals surface area contributed by atoms with Crippen molar-refractivity contribution in [2.75, 3.05) is 10.0 Å². The van der Waals surface area contributed by atoms with Crippen LogP contribution < -0.4 is 10.0 Å². The van der Waals surface area contributed by atoms with E-state index in [1.807, 2.05) is 19.9 Å². The van der Waals surface area contributed by atoms with Crippen molar-refractivity contribution in [2.24, 2.45) is 0 Å². The molecule has 0 spiro atoms. The average molecular weight is 469 g/mol. The Kier molecular flexibility index (Phi) is 6.33. The zero-order chi connectivity index (χ0) is 22.9. The second kappa shape index (κ2) is 8.64. The highest BCUT2D eigenvalue weighted by Gasteiger charge is 2.22. The van der Waals surface area contributed by atoms with Crippen LogP contribution in [0.25, 0.3) is 0 Å². The number of amides is 1. The Morgan fingerprint density at radius 2 is 1.84 bits per heavy atom. The number of aryl methyl sites for hydroxylation is 2. The third-order valence-electron chi connectivity index (χ3n) is 4.45. The summed E-state index contributed by atoms with van der Waals surface area (Å²) < 4.78 is 55.7. The molecule has 1 amide bonds. The van der Waals surface area contributed by atoms with E-state index in [-0.39, 0.29) is 22.3 Å². The summed E-state index contributed by atoms with van der Waals surface area (Å²) in [7, 11) is -4.39. The van der Waals surface area contributed by atoms with Crippen molar-refractivity contribution in [1.29, 1.82) is 0 Å². The van der Waals surface area contributed by atoms with Crippen molar-refractivity contribution in [3.63, 3.8) is 0 Å². The van der Waals surface area contributed by atoms with Gasteiger partial charge in [0.2, 0.25) is 5.91 Å². The Balaban J connectivity index is 1.77. The molecule has 31 heavy (non-hydrogen) atoms. The molecule has 11 heteroatoms. The standard InChI is InChI=1S/C20H19ClF2N4O3S/c1-11-8-12(2)27(25-11)13(3)20(28)24-18-7-5-15(10-16(18)21)26-31(29,30)19-9-14(22)4-6-17(19)23/h4-10,13,26H,1-3H3,(H,24,28). The van der Waals surface area contributed by atoms with Gasteiger partial charge in [0.15, 0.2) is 0 Å². The highest BCUT2D eigenvalue weighted by molar-refractivity contribution is 7.92. The minimum atomic E-state index is -4.39. The summed E-state index contributed by atoms with van der Waals surface area (Å²) in [6.45, 7) is 5.33. The molecular formula is C20H19ClF2N4O3S. The maximum atomic E-state index is 13.8. The third kappa shape index (κ3) is 5.02. The van der Waals surface area contributed by atoms with Gasteiger partial charge in [-0.1, -0.05) is 11.6 Å². The molecule has 0 bridgehead atoms. The topological polar surface area (TPSA) is 93.1 Å². The zero-order valence-electron chi connectivity index (χ0n) is 16.8. The first-order valence-corrected chi connectivity index (χ1v) is 10.9. The summed E-state index contributed by atoms with van der Waals surface area (Å²) in [5.74, 6) is -2.36. The molecule has 3 rings (SSSR count). The fourth-order valence-corrected chi connectivity index (χ4v) is 4.33. The molecule has 1 unspecified atom stereocenters. The summed E-state index contributed by atoms with van der Waals surface area (Å²) in [4.78, 5) is 11.7. The first-order valence-electron chi connectivity index (χ1n) is 9.09. The SMILES string of the molecule is Cc1cc(C)n(C(C)C(=O)Nc2ccc(NS(=O)(=O)c3cc(F)ccc3F)cc2Cl)n1. The number of rotatable bonds is 6. The maximum Gasteiger partial charge on any atom is 0.264 e. The monoisotopic (exact) mass is 468 g/mol. The minimum Gasteiger partial charge on any atom is -0.323 e. The number of benzene rings is 2. The molecule has 164 valence electrons. The summed E-state index contributed by atoms with van der Waals surface area (Å²) in [5.41, 5.74) is 1.86. The van der Waals surface area contributed by atoms with Crippen molar-refractivity contribution in [2.45, 2.75) is 31.7 Å². The molecular weight excluding hydrogens is 450 g/mol. The molecule has 2 N–H and O–H groups in total. The first kappa shape index (κ1) is 22.7. The van der Waals surface area contributed by atoms with Crippen LogP contribution >= 0.6 is 11.6 Å². The third-order valence-corrected chi connectivity index (χ3v) is 6.16. The zero-order valence-corrected chi connectivity index (χ0v) is 18.4. The summed E-state index contributed by atoms with van der Waals surface area (Å²) in [5, 5.41) is 7.00. The van der Waals surface area contributed by atoms with Gasteiger partial charge in [0.05, 0.1) is 22.1 Å². The summed E-state index contributed by atoms with van der Waals surface area (Å²) >= 11 is 6.18. The van der Waals surface area contributed by atoms with Crippen LogP contribution in [0.2, 0.25) is 5.02 Å². The van der Waals surface area contributed by atoms with Crippen LogP contribution in [0.4, 0.5) is 20.2 Å². The van der Waals surface area contributed by atoms with E-state index >= 15 is 0 Å². The number of anilines is 2. The predicted molar refractivity (Wildman–Crippen MR) is 114 cm³/mol. The lowest BCUT2D eigenvalue weighted by Crippen LogP contribution is -2.25. The summed E-state index contributed by atoms with van der Waals surface area (Å²) in [6, 6.07) is 7.33. The van der Waals surface area contributed by atoms with Gasteiger partial charge >= 0.3 is 0 Å². The number of nitrogens with one attached hydrogen (secondary N) is 2. The van der Waals surface area contributed by atoms with Gasteiger partial charge in [0.25, 0.3) is 10.0 Å². The van der Waals surface area contributed by atoms with Crippen LogP contribution in [-0.4, -0.2) is 24.1 Å². The van der Waals surface area contributed by atoms with Gasteiger partial charge in [0.1, 0.15) is 22.6 Å². The number of halogens is 3. The molecule has 0 aliphatic heterocycles. The number of hydrogen-bond donors (Lipinski definition) is 2. The molecule has 0 radical (unpaired) electrons. The van der Waals surface area contributed by atoms with Crippen molar-refractivity contribution < 1.29 is 22.0 Å². The molecule has 7 nitrogen and oxygen atoms in total. The van der Waals surface area contributed by atoms with Crippen LogP contribution in [0, 0.1) is 25.5 Å². The lowest BCUT2D eigenvalue weighted by atomic mass is 10.2. The fourth-order valence-electron chi connectivity index (χ4n) is 2.96. The highest BCUT2D eigenvalue weighted by Crippen LogP contribution is 2.28. The van der Waals surface area contributed by atoms with E-state index in [1.165, 1.54) is 18.2 Å². The Bertz CT molecular complexity index is 1260. The molecule has 0 aliphatic rings. The molecule has 0 fully saturated rings. The largest absolute Gasteiger partial charge is 0.323 e. The van der Waals surface area contributed by atoms with E-state index in [0.717, 1.165) is 23.5 Å². The molecule has 1 heterocycles. The van der Waals surface area contributed by atoms with E-state index in [4.69, 9.17) is 11.6 Å². The van der Waals surface area contributed by atoms with Crippen molar-refractivity contribution >= 4 is 38.9 Å². The molecule has 1 atom stereocenters. The van der Waals surface area contributed by atoms with Gasteiger partial charge in [-0.2, -0.15) is 5.10 Å². The van der Waals surface area contributed by atoms with Gasteiger partial charge in [-0.3, -0.25) is 14.2 Å². The molecule has 0 saturated heterocycles. The predicted octanol–water partition coefficient (Wildman–Crippen LogP) is 4.43. The smallest absolute Gasteiger partial charge is 0.264 e.